The van der Waals surface area contributed by atoms with E-state index in [1.54, 1.807) is 11.3 Å². The van der Waals surface area contributed by atoms with Gasteiger partial charge < -0.3 is 11.1 Å². The summed E-state index contributed by atoms with van der Waals surface area (Å²) in [7, 11) is 0. The van der Waals surface area contributed by atoms with E-state index in [4.69, 9.17) is 33.9 Å². The fourth-order valence-electron chi connectivity index (χ4n) is 4.59. The first-order chi connectivity index (χ1) is 17.4. The third-order valence-electron chi connectivity index (χ3n) is 6.48. The van der Waals surface area contributed by atoms with Gasteiger partial charge in [0.25, 0.3) is 0 Å². The van der Waals surface area contributed by atoms with Crippen LogP contribution < -0.4 is 11.1 Å². The van der Waals surface area contributed by atoms with Crippen molar-refractivity contribution in [3.05, 3.63) is 63.5 Å². The summed E-state index contributed by atoms with van der Waals surface area (Å²) < 4.78 is 1.11. The number of amides is 1. The maximum absolute atomic E-state index is 11.3. The maximum atomic E-state index is 11.3. The number of carbonyl (C=O) groups excluding carboxylic acids is 1. The Kier molecular flexibility index (Phi) is 12.0. The predicted octanol–water partition coefficient (Wildman–Crippen LogP) is 7.61. The van der Waals surface area contributed by atoms with E-state index in [1.807, 2.05) is 48.2 Å². The Hall–Kier alpha value is -1.32. The number of anilines is 1. The summed E-state index contributed by atoms with van der Waals surface area (Å²) in [6, 6.07) is 13.8. The second kappa shape index (κ2) is 14.7. The molecular weight excluding hydrogens is 567 g/mol. The Morgan fingerprint density at radius 1 is 1.19 bits per heavy atom. The van der Waals surface area contributed by atoms with Crippen LogP contribution in [0.1, 0.15) is 38.2 Å². The fraction of sp³-hybridized carbons (Fsp3) is 0.407. The van der Waals surface area contributed by atoms with Crippen LogP contribution in [0, 0.1) is 5.92 Å². The Bertz CT molecular complexity index is 1150. The zero-order chi connectivity index (χ0) is 25.5. The first kappa shape index (κ1) is 30.2. The van der Waals surface area contributed by atoms with E-state index in [0.717, 1.165) is 60.3 Å². The van der Waals surface area contributed by atoms with Crippen LogP contribution >= 0.6 is 58.7 Å². The van der Waals surface area contributed by atoms with E-state index in [0.29, 0.717) is 21.2 Å². The van der Waals surface area contributed by atoms with E-state index < -0.39 is 0 Å². The first-order valence-corrected chi connectivity index (χ1v) is 14.8. The molecule has 4 rings (SSSR count). The topological polar surface area (TPSA) is 71.2 Å². The largest absolute Gasteiger partial charge is 0.330 e. The average molecular weight is 600 g/mol. The number of nitrogens with zero attached hydrogens (tertiary/aromatic N) is 2. The second-order valence-corrected chi connectivity index (χ2v) is 12.4. The summed E-state index contributed by atoms with van der Waals surface area (Å²) in [5, 5.41) is 6.66. The molecule has 200 valence electrons. The number of carbonyl (C=O) groups is 1. The van der Waals surface area contributed by atoms with Gasteiger partial charge in [0.1, 0.15) is 0 Å². The van der Waals surface area contributed by atoms with Gasteiger partial charge in [-0.3, -0.25) is 9.69 Å². The Morgan fingerprint density at radius 2 is 1.92 bits per heavy atom. The number of piperidine rings is 1. The quantitative estimate of drug-likeness (QED) is 0.235. The van der Waals surface area contributed by atoms with Gasteiger partial charge in [0.05, 0.1) is 15.7 Å². The number of rotatable bonds is 10. The normalized spacial score (nSPS) is 15.2. The van der Waals surface area contributed by atoms with E-state index in [9.17, 15) is 4.79 Å². The molecule has 0 radical (unpaired) electrons. The lowest BCUT2D eigenvalue weighted by atomic mass is 9.90. The molecule has 1 aliphatic heterocycles. The highest BCUT2D eigenvalue weighted by Crippen LogP contribution is 2.39. The molecule has 0 spiro atoms. The summed E-state index contributed by atoms with van der Waals surface area (Å²) in [5.74, 6) is 0.578. The van der Waals surface area contributed by atoms with Crippen molar-refractivity contribution in [3.8, 4) is 11.3 Å². The molecule has 1 atom stereocenters. The number of thiazole rings is 1. The van der Waals surface area contributed by atoms with Crippen LogP contribution in [0.25, 0.3) is 11.3 Å². The van der Waals surface area contributed by atoms with E-state index >= 15 is 0 Å². The monoisotopic (exact) mass is 598 g/mol. The molecule has 1 fully saturated rings. The van der Waals surface area contributed by atoms with Gasteiger partial charge in [-0.15, -0.1) is 23.7 Å². The predicted molar refractivity (Wildman–Crippen MR) is 161 cm³/mol. The number of benzene rings is 2. The molecule has 3 N–H and O–H groups in total. The van der Waals surface area contributed by atoms with E-state index in [2.05, 4.69) is 21.7 Å². The number of halogens is 3. The zero-order valence-corrected chi connectivity index (χ0v) is 24.8. The Morgan fingerprint density at radius 3 is 2.57 bits per heavy atom. The summed E-state index contributed by atoms with van der Waals surface area (Å²) in [5.41, 5.74) is 9.91. The van der Waals surface area contributed by atoms with Crippen molar-refractivity contribution >= 4 is 70.3 Å². The minimum atomic E-state index is -0.0705. The van der Waals surface area contributed by atoms with Gasteiger partial charge in [-0.1, -0.05) is 53.2 Å². The molecule has 3 aromatic rings. The van der Waals surface area contributed by atoms with Gasteiger partial charge in [-0.05, 0) is 81.1 Å². The summed E-state index contributed by atoms with van der Waals surface area (Å²) in [6.07, 6.45) is 4.49. The third kappa shape index (κ3) is 8.85. The second-order valence-electron chi connectivity index (χ2n) is 9.21. The smallest absolute Gasteiger partial charge is 0.221 e. The molecule has 0 saturated carbocycles. The van der Waals surface area contributed by atoms with Crippen LogP contribution in [0.3, 0.4) is 0 Å². The van der Waals surface area contributed by atoms with Crippen LogP contribution in [-0.4, -0.2) is 40.7 Å². The van der Waals surface area contributed by atoms with Crippen molar-refractivity contribution in [2.24, 2.45) is 11.7 Å². The summed E-state index contributed by atoms with van der Waals surface area (Å²) >= 11 is 15.9. The summed E-state index contributed by atoms with van der Waals surface area (Å²) in [4.78, 5) is 18.7. The molecule has 2 aromatic carbocycles. The molecule has 10 heteroatoms. The van der Waals surface area contributed by atoms with Crippen LogP contribution in [0.2, 0.25) is 10.0 Å². The average Bonchev–Trinajstić information content (AvgIpc) is 3.33. The van der Waals surface area contributed by atoms with Crippen molar-refractivity contribution in [2.45, 2.75) is 48.7 Å². The minimum Gasteiger partial charge on any atom is -0.330 e. The van der Waals surface area contributed by atoms with E-state index in [-0.39, 0.29) is 18.3 Å². The molecule has 1 aliphatic rings. The lowest BCUT2D eigenvalue weighted by Crippen LogP contribution is -2.36. The SMILES string of the molecule is CC(=O)Nc1ccc(-c2csc(SC(CCCN)C3CCN(Cc4ccc(Cl)c(Cl)c4)CC3)n2)cc1.Cl. The molecule has 2 heterocycles. The maximum Gasteiger partial charge on any atom is 0.221 e. The zero-order valence-electron chi connectivity index (χ0n) is 20.8. The number of hydrogen-bond donors (Lipinski definition) is 2. The lowest BCUT2D eigenvalue weighted by molar-refractivity contribution is -0.114. The van der Waals surface area contributed by atoms with Crippen LogP contribution in [0.5, 0.6) is 0 Å². The number of thioether (sulfide) groups is 1. The van der Waals surface area contributed by atoms with Crippen molar-refractivity contribution in [2.75, 3.05) is 25.0 Å². The number of likely N-dealkylation sites (tertiary alicyclic amines) is 1. The van der Waals surface area contributed by atoms with Gasteiger partial charge >= 0.3 is 0 Å². The van der Waals surface area contributed by atoms with Gasteiger partial charge in [0.15, 0.2) is 4.34 Å². The Labute approximate surface area is 243 Å². The number of aromatic nitrogens is 1. The highest BCUT2D eigenvalue weighted by Gasteiger charge is 2.28. The molecule has 0 aliphatic carbocycles. The highest BCUT2D eigenvalue weighted by atomic mass is 35.5. The lowest BCUT2D eigenvalue weighted by Gasteiger charge is -2.35. The molecule has 5 nitrogen and oxygen atoms in total. The molecule has 1 aromatic heterocycles. The summed E-state index contributed by atoms with van der Waals surface area (Å²) in [6.45, 7) is 5.29. The van der Waals surface area contributed by atoms with Crippen LogP contribution in [0.15, 0.2) is 52.2 Å². The molecule has 1 amide bonds. The Balaban J connectivity index is 0.00000380. The van der Waals surface area contributed by atoms with Gasteiger partial charge in [-0.25, -0.2) is 4.98 Å². The number of nitrogens with one attached hydrogen (secondary N) is 1. The molecule has 0 bridgehead atoms. The minimum absolute atomic E-state index is 0. The van der Waals surface area contributed by atoms with Crippen LogP contribution in [-0.2, 0) is 11.3 Å². The molecule has 37 heavy (non-hydrogen) atoms. The van der Waals surface area contributed by atoms with Crippen LogP contribution in [0.4, 0.5) is 5.69 Å². The van der Waals surface area contributed by atoms with Crippen molar-refractivity contribution in [1.82, 2.24) is 9.88 Å². The van der Waals surface area contributed by atoms with Crippen molar-refractivity contribution in [1.29, 1.82) is 0 Å². The van der Waals surface area contributed by atoms with Gasteiger partial charge in [0.2, 0.25) is 5.91 Å². The highest BCUT2D eigenvalue weighted by molar-refractivity contribution is 8.01. The van der Waals surface area contributed by atoms with Crippen molar-refractivity contribution < 1.29 is 4.79 Å². The molecule has 1 saturated heterocycles. The van der Waals surface area contributed by atoms with Gasteiger partial charge in [-0.2, -0.15) is 0 Å². The van der Waals surface area contributed by atoms with Gasteiger partial charge in [0, 0.05) is 35.3 Å². The fourth-order valence-corrected chi connectivity index (χ4v) is 7.36. The van der Waals surface area contributed by atoms with E-state index in [1.165, 1.54) is 25.3 Å². The van der Waals surface area contributed by atoms with Crippen molar-refractivity contribution in [3.63, 3.8) is 0 Å². The first-order valence-electron chi connectivity index (χ1n) is 12.3. The molecule has 1 unspecified atom stereocenters. The third-order valence-corrected chi connectivity index (χ3v) is 9.64. The standard InChI is InChI=1S/C27H32Cl2N4OS2.ClH/c1-18(34)31-22-7-5-20(6-8-22)25-17-35-27(32-25)36-26(3-2-12-30)21-10-13-33(14-11-21)16-19-4-9-23(28)24(29)15-19;/h4-9,15,17,21,26H,2-3,10-14,16,30H2,1H3,(H,31,34);1H. The number of nitrogens with two attached hydrogens (primary N) is 1. The number of hydrogen-bond acceptors (Lipinski definition) is 6. The molecular formula is C27H33Cl3N4OS2.